The molecule has 14 heteroatoms. The van der Waals surface area contributed by atoms with Gasteiger partial charge >= 0.3 is 13.7 Å². The van der Waals surface area contributed by atoms with E-state index in [-0.39, 0.29) is 24.6 Å². The van der Waals surface area contributed by atoms with Crippen molar-refractivity contribution in [2.45, 2.75) is 73.3 Å². The quantitative estimate of drug-likeness (QED) is 0.304. The first-order valence-electron chi connectivity index (χ1n) is 11.8. The zero-order chi connectivity index (χ0) is 26.9. The highest BCUT2D eigenvalue weighted by atomic mass is 31.2. The zero-order valence-corrected chi connectivity index (χ0v) is 22.7. The topological polar surface area (TPSA) is 173 Å². The molecule has 1 aliphatic heterocycles. The van der Waals surface area contributed by atoms with Crippen molar-refractivity contribution < 1.29 is 33.0 Å². The summed E-state index contributed by atoms with van der Waals surface area (Å²) in [5.41, 5.74) is 5.77. The summed E-state index contributed by atoms with van der Waals surface area (Å²) in [6.07, 6.45) is 1.19. The van der Waals surface area contributed by atoms with Gasteiger partial charge in [0.2, 0.25) is 11.8 Å². The fourth-order valence-corrected chi connectivity index (χ4v) is 4.99. The first-order valence-corrected chi connectivity index (χ1v) is 13.4. The molecule has 0 aromatic carbocycles. The summed E-state index contributed by atoms with van der Waals surface area (Å²) in [7, 11) is -4.18. The van der Waals surface area contributed by atoms with Crippen LogP contribution < -0.4 is 15.6 Å². The van der Waals surface area contributed by atoms with Gasteiger partial charge in [-0.1, -0.05) is 13.8 Å². The molecule has 3 heterocycles. The summed E-state index contributed by atoms with van der Waals surface area (Å²) >= 11 is 0. The van der Waals surface area contributed by atoms with Gasteiger partial charge in [0.05, 0.1) is 31.1 Å². The van der Waals surface area contributed by atoms with Crippen molar-refractivity contribution in [1.29, 1.82) is 0 Å². The zero-order valence-electron chi connectivity index (χ0n) is 21.8. The average molecular weight is 529 g/mol. The van der Waals surface area contributed by atoms with E-state index in [0.717, 1.165) is 0 Å². The Morgan fingerprint density at radius 1 is 1.42 bits per heavy atom. The molecule has 202 valence electrons. The number of nitrogens with one attached hydrogen (secondary N) is 1. The number of rotatable bonds is 10. The fraction of sp³-hybridized carbons (Fsp3) is 0.727. The van der Waals surface area contributed by atoms with E-state index in [2.05, 4.69) is 20.0 Å². The van der Waals surface area contributed by atoms with Gasteiger partial charge in [-0.2, -0.15) is 9.97 Å². The highest BCUT2D eigenvalue weighted by Crippen LogP contribution is 2.47. The van der Waals surface area contributed by atoms with Crippen molar-refractivity contribution in [3.8, 4) is 5.88 Å². The van der Waals surface area contributed by atoms with Crippen molar-refractivity contribution in [2.75, 3.05) is 25.6 Å². The largest absolute Gasteiger partial charge is 0.476 e. The first kappa shape index (κ1) is 28.3. The molecule has 0 aliphatic carbocycles. The van der Waals surface area contributed by atoms with E-state index in [9.17, 15) is 14.3 Å². The minimum absolute atomic E-state index is 0.0537. The molecular weight excluding hydrogens is 491 g/mol. The molecule has 4 atom stereocenters. The number of fused-ring (bicyclic) bond motifs is 1. The van der Waals surface area contributed by atoms with Crippen LogP contribution in [0, 0.1) is 10.8 Å². The summed E-state index contributed by atoms with van der Waals surface area (Å²) in [6.45, 7) is 12.9. The average Bonchev–Trinajstić information content (AvgIpc) is 3.29. The molecule has 0 radical (unpaired) electrons. The van der Waals surface area contributed by atoms with E-state index in [1.165, 1.54) is 0 Å². The number of esters is 1. The predicted octanol–water partition coefficient (Wildman–Crippen LogP) is 2.81. The molecule has 13 nitrogen and oxygen atoms in total. The molecule has 2 aromatic rings. The van der Waals surface area contributed by atoms with Gasteiger partial charge in [0.15, 0.2) is 11.2 Å². The highest BCUT2D eigenvalue weighted by molar-refractivity contribution is 7.50. The third-order valence-corrected chi connectivity index (χ3v) is 6.85. The second-order valence-electron chi connectivity index (χ2n) is 10.6. The van der Waals surface area contributed by atoms with Crippen molar-refractivity contribution >= 4 is 30.8 Å². The predicted molar refractivity (Wildman–Crippen MR) is 132 cm³/mol. The van der Waals surface area contributed by atoms with Gasteiger partial charge in [-0.25, -0.2) is 14.6 Å². The standard InChI is InChI=1S/C22H37N6O7P/c1-8-32-17-15-16(25-20(23)26-17)28(12-24-15)18-22(6,7)9-14(35-18)11-34-36(30,31)27-13(2)10-33-19(29)21(3,4)5/h12-14,18H,8-11H2,1-7H3,(H2,23,25,26)(H2,27,30,31). The molecular formula is C22H37N6O7P. The van der Waals surface area contributed by atoms with Gasteiger partial charge in [0.25, 0.3) is 0 Å². The van der Waals surface area contributed by atoms with E-state index in [0.29, 0.717) is 30.1 Å². The van der Waals surface area contributed by atoms with Crippen LogP contribution in [0.4, 0.5) is 5.95 Å². The van der Waals surface area contributed by atoms with E-state index in [1.807, 2.05) is 20.8 Å². The molecule has 4 N–H and O–H groups in total. The normalized spacial score (nSPS) is 22.3. The smallest absolute Gasteiger partial charge is 0.403 e. The maximum Gasteiger partial charge on any atom is 0.403 e. The SMILES string of the molecule is CCOc1nc(N)nc2c1ncn2C1OC(COP(=O)(O)NC(C)COC(=O)C(C)(C)C)CC1(C)C. The van der Waals surface area contributed by atoms with Crippen LogP contribution in [0.25, 0.3) is 11.2 Å². The van der Waals surface area contributed by atoms with Crippen molar-refractivity contribution in [1.82, 2.24) is 24.6 Å². The molecule has 0 saturated carbocycles. The summed E-state index contributed by atoms with van der Waals surface area (Å²) in [6, 6.07) is -0.595. The Balaban J connectivity index is 1.63. The molecule has 36 heavy (non-hydrogen) atoms. The Morgan fingerprint density at radius 3 is 2.75 bits per heavy atom. The summed E-state index contributed by atoms with van der Waals surface area (Å²) in [5, 5.41) is 2.49. The lowest BCUT2D eigenvalue weighted by atomic mass is 9.87. The number of carbonyl (C=O) groups excluding carboxylic acids is 1. The maximum absolute atomic E-state index is 12.6. The van der Waals surface area contributed by atoms with Gasteiger partial charge < -0.3 is 24.8 Å². The van der Waals surface area contributed by atoms with E-state index < -0.39 is 37.5 Å². The number of aromatic nitrogens is 4. The van der Waals surface area contributed by atoms with Crippen LogP contribution in [0.1, 0.15) is 61.1 Å². The lowest BCUT2D eigenvalue weighted by molar-refractivity contribution is -0.153. The first-order chi connectivity index (χ1) is 16.6. The molecule has 3 rings (SSSR count). The number of nitrogen functional groups attached to an aromatic ring is 1. The molecule has 1 aliphatic rings. The summed E-state index contributed by atoms with van der Waals surface area (Å²) in [4.78, 5) is 35.0. The number of anilines is 1. The molecule has 0 spiro atoms. The van der Waals surface area contributed by atoms with Crippen molar-refractivity contribution in [3.63, 3.8) is 0 Å². The maximum atomic E-state index is 12.6. The lowest BCUT2D eigenvalue weighted by Crippen LogP contribution is -2.33. The second kappa shape index (κ2) is 10.6. The number of hydrogen-bond donors (Lipinski definition) is 3. The molecule has 1 saturated heterocycles. The van der Waals surface area contributed by atoms with Crippen LogP contribution in [0.5, 0.6) is 5.88 Å². The molecule has 0 amide bonds. The number of nitrogens with zero attached hydrogens (tertiary/aromatic N) is 4. The van der Waals surface area contributed by atoms with Crippen LogP contribution in [-0.2, 0) is 23.4 Å². The number of carbonyl (C=O) groups is 1. The van der Waals surface area contributed by atoms with Gasteiger partial charge in [0.1, 0.15) is 12.8 Å². The van der Waals surface area contributed by atoms with Gasteiger partial charge in [-0.05, 0) is 41.0 Å². The highest BCUT2D eigenvalue weighted by Gasteiger charge is 2.44. The number of nitrogens with two attached hydrogens (primary N) is 1. The Hall–Kier alpha value is -2.31. The summed E-state index contributed by atoms with van der Waals surface area (Å²) < 4.78 is 36.6. The van der Waals surface area contributed by atoms with E-state index in [1.54, 1.807) is 38.6 Å². The summed E-state index contributed by atoms with van der Waals surface area (Å²) in [5.74, 6) is -0.0492. The Bertz CT molecular complexity index is 1130. The monoisotopic (exact) mass is 528 g/mol. The van der Waals surface area contributed by atoms with Gasteiger partial charge in [-0.15, -0.1) is 0 Å². The number of imidazole rings is 1. The van der Waals surface area contributed by atoms with E-state index in [4.69, 9.17) is 24.5 Å². The van der Waals surface area contributed by atoms with Crippen LogP contribution in [0.3, 0.4) is 0 Å². The van der Waals surface area contributed by atoms with Gasteiger partial charge in [0, 0.05) is 11.5 Å². The van der Waals surface area contributed by atoms with Crippen LogP contribution in [0.15, 0.2) is 6.33 Å². The van der Waals surface area contributed by atoms with Crippen LogP contribution in [0.2, 0.25) is 0 Å². The van der Waals surface area contributed by atoms with Crippen molar-refractivity contribution in [2.24, 2.45) is 10.8 Å². The Labute approximate surface area is 210 Å². The Morgan fingerprint density at radius 2 is 2.11 bits per heavy atom. The molecule has 4 unspecified atom stereocenters. The Kier molecular flexibility index (Phi) is 8.31. The fourth-order valence-electron chi connectivity index (χ4n) is 3.91. The number of ether oxygens (including phenoxy) is 3. The molecule has 0 bridgehead atoms. The molecule has 2 aromatic heterocycles. The van der Waals surface area contributed by atoms with E-state index >= 15 is 0 Å². The lowest BCUT2D eigenvalue weighted by Gasteiger charge is -2.26. The van der Waals surface area contributed by atoms with Crippen LogP contribution in [-0.4, -0.2) is 62.3 Å². The minimum Gasteiger partial charge on any atom is -0.476 e. The minimum atomic E-state index is -4.18. The molecule has 1 fully saturated rings. The van der Waals surface area contributed by atoms with Gasteiger partial charge in [-0.3, -0.25) is 13.9 Å². The number of hydrogen-bond acceptors (Lipinski definition) is 10. The third-order valence-electron chi connectivity index (χ3n) is 5.58. The second-order valence-corrected chi connectivity index (χ2v) is 12.2. The third kappa shape index (κ3) is 6.71. The van der Waals surface area contributed by atoms with Crippen LogP contribution >= 0.6 is 7.75 Å². The van der Waals surface area contributed by atoms with Crippen molar-refractivity contribution in [3.05, 3.63) is 6.33 Å².